The number of carbonyl (C=O) groups is 1. The SMILES string of the molecule is CCOC(=O)CCN1CCCCNC1. The summed E-state index contributed by atoms with van der Waals surface area (Å²) in [6, 6.07) is 0. The standard InChI is InChI=1S/C10H20N2O2/c1-2-14-10(13)5-8-12-7-4-3-6-11-9-12/h11H,2-9H2,1H3. The van der Waals surface area contributed by atoms with Gasteiger partial charge in [-0.1, -0.05) is 0 Å². The first-order chi connectivity index (χ1) is 6.83. The van der Waals surface area contributed by atoms with Crippen molar-refractivity contribution in [3.05, 3.63) is 0 Å². The van der Waals surface area contributed by atoms with Gasteiger partial charge in [-0.15, -0.1) is 0 Å². The second-order valence-electron chi connectivity index (χ2n) is 3.54. The lowest BCUT2D eigenvalue weighted by atomic mass is 10.3. The summed E-state index contributed by atoms with van der Waals surface area (Å²) in [5.41, 5.74) is 0. The molecule has 1 saturated heterocycles. The first kappa shape index (κ1) is 11.5. The van der Waals surface area contributed by atoms with E-state index in [1.54, 1.807) is 0 Å². The van der Waals surface area contributed by atoms with E-state index in [9.17, 15) is 4.79 Å². The van der Waals surface area contributed by atoms with Crippen LogP contribution in [0.1, 0.15) is 26.2 Å². The molecule has 1 aliphatic heterocycles. The molecule has 0 amide bonds. The molecule has 0 atom stereocenters. The first-order valence-corrected chi connectivity index (χ1v) is 5.41. The third-order valence-corrected chi connectivity index (χ3v) is 2.35. The molecule has 1 rings (SSSR count). The van der Waals surface area contributed by atoms with Gasteiger partial charge in [0, 0.05) is 13.2 Å². The van der Waals surface area contributed by atoms with Gasteiger partial charge in [0.2, 0.25) is 0 Å². The molecule has 1 aliphatic rings. The summed E-state index contributed by atoms with van der Waals surface area (Å²) >= 11 is 0. The molecular weight excluding hydrogens is 180 g/mol. The van der Waals surface area contributed by atoms with Crippen LogP contribution in [0.15, 0.2) is 0 Å². The molecule has 0 unspecified atom stereocenters. The Kier molecular flexibility index (Phi) is 5.56. The van der Waals surface area contributed by atoms with Crippen molar-refractivity contribution in [2.75, 3.05) is 32.9 Å². The average Bonchev–Trinajstić information content (AvgIpc) is 2.43. The molecule has 1 fully saturated rings. The lowest BCUT2D eigenvalue weighted by molar-refractivity contribution is -0.143. The van der Waals surface area contributed by atoms with E-state index < -0.39 is 0 Å². The molecule has 0 saturated carbocycles. The normalized spacial score (nSPS) is 18.9. The Morgan fingerprint density at radius 1 is 1.50 bits per heavy atom. The summed E-state index contributed by atoms with van der Waals surface area (Å²) in [6.45, 7) is 6.22. The third-order valence-electron chi connectivity index (χ3n) is 2.35. The zero-order valence-electron chi connectivity index (χ0n) is 8.92. The topological polar surface area (TPSA) is 41.6 Å². The quantitative estimate of drug-likeness (QED) is 0.674. The van der Waals surface area contributed by atoms with Crippen molar-refractivity contribution in [1.29, 1.82) is 0 Å². The van der Waals surface area contributed by atoms with Crippen molar-refractivity contribution in [1.82, 2.24) is 10.2 Å². The Labute approximate surface area is 85.6 Å². The molecule has 82 valence electrons. The largest absolute Gasteiger partial charge is 0.466 e. The van der Waals surface area contributed by atoms with Crippen LogP contribution in [0.2, 0.25) is 0 Å². The van der Waals surface area contributed by atoms with Crippen LogP contribution < -0.4 is 5.32 Å². The van der Waals surface area contributed by atoms with Crippen LogP contribution >= 0.6 is 0 Å². The minimum atomic E-state index is -0.0863. The van der Waals surface area contributed by atoms with Crippen molar-refractivity contribution < 1.29 is 9.53 Å². The molecule has 0 bridgehead atoms. The summed E-state index contributed by atoms with van der Waals surface area (Å²) < 4.78 is 4.88. The van der Waals surface area contributed by atoms with Crippen LogP contribution in [0.4, 0.5) is 0 Å². The number of esters is 1. The Morgan fingerprint density at radius 2 is 2.36 bits per heavy atom. The smallest absolute Gasteiger partial charge is 0.307 e. The molecule has 4 nitrogen and oxygen atoms in total. The monoisotopic (exact) mass is 200 g/mol. The first-order valence-electron chi connectivity index (χ1n) is 5.41. The van der Waals surface area contributed by atoms with E-state index in [-0.39, 0.29) is 5.97 Å². The molecule has 14 heavy (non-hydrogen) atoms. The molecule has 1 heterocycles. The zero-order valence-corrected chi connectivity index (χ0v) is 8.92. The molecule has 0 aromatic rings. The average molecular weight is 200 g/mol. The van der Waals surface area contributed by atoms with E-state index in [0.717, 1.165) is 26.3 Å². The van der Waals surface area contributed by atoms with Crippen LogP contribution in [0.5, 0.6) is 0 Å². The Balaban J connectivity index is 2.12. The van der Waals surface area contributed by atoms with Crippen molar-refractivity contribution >= 4 is 5.97 Å². The van der Waals surface area contributed by atoms with Gasteiger partial charge in [-0.05, 0) is 32.9 Å². The van der Waals surface area contributed by atoms with Gasteiger partial charge in [0.25, 0.3) is 0 Å². The highest BCUT2D eigenvalue weighted by molar-refractivity contribution is 5.69. The lowest BCUT2D eigenvalue weighted by Crippen LogP contribution is -2.34. The zero-order chi connectivity index (χ0) is 10.2. The van der Waals surface area contributed by atoms with Crippen molar-refractivity contribution in [2.45, 2.75) is 26.2 Å². The minimum Gasteiger partial charge on any atom is -0.466 e. The molecular formula is C10H20N2O2. The summed E-state index contributed by atoms with van der Waals surface area (Å²) in [4.78, 5) is 13.4. The highest BCUT2D eigenvalue weighted by atomic mass is 16.5. The van der Waals surface area contributed by atoms with Crippen molar-refractivity contribution in [3.8, 4) is 0 Å². The number of rotatable bonds is 4. The van der Waals surface area contributed by atoms with Crippen molar-refractivity contribution in [2.24, 2.45) is 0 Å². The van der Waals surface area contributed by atoms with Gasteiger partial charge < -0.3 is 10.1 Å². The second-order valence-corrected chi connectivity index (χ2v) is 3.54. The summed E-state index contributed by atoms with van der Waals surface area (Å²) in [6.07, 6.45) is 2.96. The van der Waals surface area contributed by atoms with E-state index in [0.29, 0.717) is 13.0 Å². The van der Waals surface area contributed by atoms with E-state index >= 15 is 0 Å². The second kappa shape index (κ2) is 6.79. The Bertz CT molecular complexity index is 166. The van der Waals surface area contributed by atoms with Crippen LogP contribution in [0.3, 0.4) is 0 Å². The number of carbonyl (C=O) groups excluding carboxylic acids is 1. The molecule has 0 aromatic carbocycles. The van der Waals surface area contributed by atoms with Crippen LogP contribution in [0, 0.1) is 0 Å². The fourth-order valence-corrected chi connectivity index (χ4v) is 1.58. The number of nitrogens with one attached hydrogen (secondary N) is 1. The van der Waals surface area contributed by atoms with Gasteiger partial charge in [-0.2, -0.15) is 0 Å². The van der Waals surface area contributed by atoms with Gasteiger partial charge in [-0.25, -0.2) is 0 Å². The number of hydrogen-bond acceptors (Lipinski definition) is 4. The fraction of sp³-hybridized carbons (Fsp3) is 0.900. The van der Waals surface area contributed by atoms with Gasteiger partial charge in [-0.3, -0.25) is 9.69 Å². The van der Waals surface area contributed by atoms with E-state index in [2.05, 4.69) is 10.2 Å². The summed E-state index contributed by atoms with van der Waals surface area (Å²) in [5, 5.41) is 3.33. The van der Waals surface area contributed by atoms with E-state index in [1.165, 1.54) is 12.8 Å². The van der Waals surface area contributed by atoms with Crippen LogP contribution in [-0.4, -0.2) is 43.8 Å². The number of ether oxygens (including phenoxy) is 1. The highest BCUT2D eigenvalue weighted by Crippen LogP contribution is 2.00. The molecule has 0 radical (unpaired) electrons. The van der Waals surface area contributed by atoms with E-state index in [4.69, 9.17) is 4.74 Å². The third kappa shape index (κ3) is 4.58. The molecule has 0 spiro atoms. The van der Waals surface area contributed by atoms with Gasteiger partial charge in [0.1, 0.15) is 0 Å². The van der Waals surface area contributed by atoms with Gasteiger partial charge >= 0.3 is 5.97 Å². The van der Waals surface area contributed by atoms with E-state index in [1.807, 2.05) is 6.92 Å². The van der Waals surface area contributed by atoms with Crippen LogP contribution in [0.25, 0.3) is 0 Å². The molecule has 1 N–H and O–H groups in total. The van der Waals surface area contributed by atoms with Gasteiger partial charge in [0.15, 0.2) is 0 Å². The fourth-order valence-electron chi connectivity index (χ4n) is 1.58. The minimum absolute atomic E-state index is 0.0863. The highest BCUT2D eigenvalue weighted by Gasteiger charge is 2.10. The summed E-state index contributed by atoms with van der Waals surface area (Å²) in [7, 11) is 0. The molecule has 4 heteroatoms. The van der Waals surface area contributed by atoms with Crippen LogP contribution in [-0.2, 0) is 9.53 Å². The summed E-state index contributed by atoms with van der Waals surface area (Å²) in [5.74, 6) is -0.0863. The Hall–Kier alpha value is -0.610. The number of nitrogens with zero attached hydrogens (tertiary/aromatic N) is 1. The maximum absolute atomic E-state index is 11.1. The maximum atomic E-state index is 11.1. The molecule has 0 aromatic heterocycles. The van der Waals surface area contributed by atoms with Gasteiger partial charge in [0.05, 0.1) is 13.0 Å². The predicted molar refractivity (Wildman–Crippen MR) is 54.9 cm³/mol. The predicted octanol–water partition coefficient (Wildman–Crippen LogP) is 0.583. The Morgan fingerprint density at radius 3 is 3.14 bits per heavy atom. The van der Waals surface area contributed by atoms with Crippen molar-refractivity contribution in [3.63, 3.8) is 0 Å². The maximum Gasteiger partial charge on any atom is 0.307 e. The molecule has 0 aliphatic carbocycles. The lowest BCUT2D eigenvalue weighted by Gasteiger charge is -2.18. The number of hydrogen-bond donors (Lipinski definition) is 1.